The minimum atomic E-state index is -3.91. The summed E-state index contributed by atoms with van der Waals surface area (Å²) in [5.74, 6) is -2.35. The molecule has 0 heterocycles. The highest BCUT2D eigenvalue weighted by molar-refractivity contribution is 7.88. The summed E-state index contributed by atoms with van der Waals surface area (Å²) in [4.78, 5) is 34.6. The third-order valence-electron chi connectivity index (χ3n) is 3.98. The average Bonchev–Trinajstić information content (AvgIpc) is 3.28. The molecular weight excluding hydrogens is 412 g/mol. The molecule has 0 bridgehead atoms. The van der Waals surface area contributed by atoms with E-state index in [1.165, 1.54) is 11.1 Å². The van der Waals surface area contributed by atoms with Crippen molar-refractivity contribution in [3.63, 3.8) is 0 Å². The molecule has 1 amide bonds. The first-order valence-corrected chi connectivity index (χ1v) is 10.7. The van der Waals surface area contributed by atoms with Crippen LogP contribution >= 0.6 is 0 Å². The van der Waals surface area contributed by atoms with E-state index in [1.807, 2.05) is 0 Å². The molecule has 0 saturated carbocycles. The van der Waals surface area contributed by atoms with Crippen molar-refractivity contribution in [3.8, 4) is 11.1 Å². The molecule has 30 heavy (non-hydrogen) atoms. The van der Waals surface area contributed by atoms with Crippen molar-refractivity contribution < 1.29 is 32.6 Å². The summed E-state index contributed by atoms with van der Waals surface area (Å²) in [6.07, 6.45) is -0.297. The molecule has 0 spiro atoms. The Morgan fingerprint density at radius 1 is 1.00 bits per heavy atom. The number of hydrogen-bond acceptors (Lipinski definition) is 6. The predicted molar refractivity (Wildman–Crippen MR) is 109 cm³/mol. The number of alkyl carbamates (subject to hydrolysis) is 1. The fourth-order valence-corrected chi connectivity index (χ4v) is 3.18. The quantitative estimate of drug-likeness (QED) is 0.489. The van der Waals surface area contributed by atoms with E-state index in [9.17, 15) is 22.8 Å². The lowest BCUT2D eigenvalue weighted by Gasteiger charge is -2.22. The maximum Gasteiger partial charge on any atom is 0.408 e. The van der Waals surface area contributed by atoms with Gasteiger partial charge in [0, 0.05) is 0 Å². The number of amides is 1. The number of aliphatic carboxylic acids is 1. The van der Waals surface area contributed by atoms with Gasteiger partial charge in [-0.3, -0.25) is 9.59 Å². The van der Waals surface area contributed by atoms with Crippen LogP contribution in [0.5, 0.6) is 0 Å². The molecule has 3 N–H and O–H groups in total. The van der Waals surface area contributed by atoms with Crippen molar-refractivity contribution in [1.82, 2.24) is 10.0 Å². The van der Waals surface area contributed by atoms with Gasteiger partial charge in [-0.25, -0.2) is 13.2 Å². The third kappa shape index (κ3) is 7.64. The van der Waals surface area contributed by atoms with E-state index in [2.05, 4.69) is 29.6 Å². The minimum Gasteiger partial charge on any atom is -0.480 e. The summed E-state index contributed by atoms with van der Waals surface area (Å²) in [5, 5.41) is 11.2. The molecule has 1 aromatic rings. The van der Waals surface area contributed by atoms with Gasteiger partial charge in [0.05, 0.1) is 6.26 Å². The molecular formula is C20H22N2O7S. The number of carbonyl (C=O) groups is 3. The van der Waals surface area contributed by atoms with Gasteiger partial charge in [0.2, 0.25) is 10.0 Å². The van der Waals surface area contributed by atoms with Crippen molar-refractivity contribution in [2.75, 3.05) is 6.26 Å². The Morgan fingerprint density at radius 3 is 2.00 bits per heavy atom. The number of ether oxygens (including phenoxy) is 1. The van der Waals surface area contributed by atoms with Gasteiger partial charge in [-0.15, -0.1) is 0 Å². The lowest BCUT2D eigenvalue weighted by Crippen LogP contribution is -2.58. The van der Waals surface area contributed by atoms with E-state index in [4.69, 9.17) is 9.84 Å². The van der Waals surface area contributed by atoms with E-state index in [0.29, 0.717) is 5.56 Å². The molecule has 0 radical (unpaired) electrons. The Kier molecular flexibility index (Phi) is 7.67. The Hall–Kier alpha value is -3.24. The zero-order valence-corrected chi connectivity index (χ0v) is 17.2. The highest BCUT2D eigenvalue weighted by atomic mass is 32.2. The summed E-state index contributed by atoms with van der Waals surface area (Å²) in [6, 6.07) is 13.7. The monoisotopic (exact) mass is 434 g/mol. The van der Waals surface area contributed by atoms with Crippen LogP contribution in [-0.2, 0) is 31.0 Å². The number of carboxylic acids is 1. The van der Waals surface area contributed by atoms with Gasteiger partial charge >= 0.3 is 12.1 Å². The fourth-order valence-electron chi connectivity index (χ4n) is 2.48. The topological polar surface area (TPSA) is 139 Å². The number of nitrogens with one attached hydrogen (secondary N) is 2. The maximum atomic E-state index is 11.8. The maximum absolute atomic E-state index is 11.8. The number of benzene rings is 2. The van der Waals surface area contributed by atoms with Crippen molar-refractivity contribution in [2.45, 2.75) is 25.6 Å². The van der Waals surface area contributed by atoms with E-state index in [-0.39, 0.29) is 6.61 Å². The second-order valence-electron chi connectivity index (χ2n) is 6.58. The van der Waals surface area contributed by atoms with Crippen LogP contribution < -0.4 is 10.0 Å². The number of ketones is 1. The third-order valence-corrected chi connectivity index (χ3v) is 4.66. The van der Waals surface area contributed by atoms with Crippen LogP contribution in [0.2, 0.25) is 0 Å². The van der Waals surface area contributed by atoms with Crippen LogP contribution in [0.25, 0.3) is 11.1 Å². The lowest BCUT2D eigenvalue weighted by molar-refractivity contribution is -0.141. The van der Waals surface area contributed by atoms with Gasteiger partial charge in [0.15, 0.2) is 5.78 Å². The predicted octanol–water partition coefficient (Wildman–Crippen LogP) is 1.54. The Bertz CT molecular complexity index is 1010. The fraction of sp³-hybridized carbons (Fsp3) is 0.250. The second-order valence-corrected chi connectivity index (χ2v) is 8.36. The van der Waals surface area contributed by atoms with Gasteiger partial charge < -0.3 is 15.2 Å². The number of fused-ring (bicyclic) bond motifs is 1. The molecule has 0 saturated heterocycles. The van der Waals surface area contributed by atoms with E-state index in [1.54, 1.807) is 35.1 Å². The molecule has 0 aromatic heterocycles. The van der Waals surface area contributed by atoms with E-state index < -0.39 is 40.0 Å². The molecule has 160 valence electrons. The van der Waals surface area contributed by atoms with E-state index >= 15 is 0 Å². The van der Waals surface area contributed by atoms with Crippen LogP contribution in [0.4, 0.5) is 4.79 Å². The highest BCUT2D eigenvalue weighted by Crippen LogP contribution is 2.32. The van der Waals surface area contributed by atoms with Crippen molar-refractivity contribution >= 4 is 27.9 Å². The first kappa shape index (κ1) is 23.0. The summed E-state index contributed by atoms with van der Waals surface area (Å²) >= 11 is 0. The Morgan fingerprint density at radius 2 is 1.60 bits per heavy atom. The molecule has 0 fully saturated rings. The summed E-state index contributed by atoms with van der Waals surface area (Å²) in [5.41, 5.74) is 3.54. The van der Waals surface area contributed by atoms with Crippen LogP contribution in [-0.4, -0.2) is 49.7 Å². The van der Waals surface area contributed by atoms with Gasteiger partial charge in [-0.1, -0.05) is 48.5 Å². The minimum absolute atomic E-state index is 0.0887. The van der Waals surface area contributed by atoms with Gasteiger partial charge in [0.1, 0.15) is 18.7 Å². The molecule has 10 heteroatoms. The SMILES string of the molecule is CC(=O)C(NC(=O)OCc1ccccc1)C(NS(C)(=O)=O)C(=O)O.c1cc2cc-2c1. The zero-order valence-electron chi connectivity index (χ0n) is 16.4. The van der Waals surface area contributed by atoms with Gasteiger partial charge in [0.25, 0.3) is 0 Å². The summed E-state index contributed by atoms with van der Waals surface area (Å²) in [6.45, 7) is 0.941. The van der Waals surface area contributed by atoms with Crippen molar-refractivity contribution in [1.29, 1.82) is 0 Å². The lowest BCUT2D eigenvalue weighted by atomic mass is 10.1. The molecule has 2 aliphatic carbocycles. The summed E-state index contributed by atoms with van der Waals surface area (Å²) < 4.78 is 29.2. The Balaban J connectivity index is 0.000000443. The molecule has 2 unspecified atom stereocenters. The summed E-state index contributed by atoms with van der Waals surface area (Å²) in [7, 11) is -3.91. The van der Waals surface area contributed by atoms with Crippen LogP contribution in [0.15, 0.2) is 54.6 Å². The molecule has 3 rings (SSSR count). The number of carbonyl (C=O) groups excluding carboxylic acids is 2. The van der Waals surface area contributed by atoms with Gasteiger partial charge in [-0.2, -0.15) is 4.72 Å². The smallest absolute Gasteiger partial charge is 0.408 e. The first-order valence-electron chi connectivity index (χ1n) is 8.85. The van der Waals surface area contributed by atoms with Crippen LogP contribution in [0, 0.1) is 0 Å². The van der Waals surface area contributed by atoms with Crippen molar-refractivity contribution in [2.24, 2.45) is 0 Å². The number of carboxylic acid groups (broad SMARTS) is 1. The van der Waals surface area contributed by atoms with Crippen molar-refractivity contribution in [3.05, 3.63) is 60.2 Å². The average molecular weight is 434 g/mol. The van der Waals surface area contributed by atoms with Gasteiger partial charge in [-0.05, 0) is 29.7 Å². The number of rotatable bonds is 8. The second kappa shape index (κ2) is 9.99. The van der Waals surface area contributed by atoms with E-state index in [0.717, 1.165) is 13.2 Å². The highest BCUT2D eigenvalue weighted by Gasteiger charge is 2.35. The normalized spacial score (nSPS) is 13.1. The number of hydrogen-bond donors (Lipinski definition) is 3. The molecule has 9 nitrogen and oxygen atoms in total. The Labute approximate surface area is 174 Å². The van der Waals surface area contributed by atoms with Crippen LogP contribution in [0.3, 0.4) is 0 Å². The molecule has 0 aliphatic heterocycles. The molecule has 2 aliphatic rings. The number of Topliss-reactive ketones (excluding diaryl/α,β-unsaturated/α-hetero) is 1. The standard InChI is InChI=1S/C14H18N2O7S.C6H4/c1-9(17)11(12(13(18)19)16-24(2,21)22)15-14(20)23-8-10-6-4-3-5-7-10;1-2-5-4-6(5)3-1/h3-7,11-12,16H,8H2,1-2H3,(H,15,20)(H,18,19);1-4H. The van der Waals surface area contributed by atoms with Crippen LogP contribution in [0.1, 0.15) is 12.5 Å². The molecule has 2 atom stereocenters. The first-order chi connectivity index (χ1) is 14.1. The number of sulfonamides is 1. The largest absolute Gasteiger partial charge is 0.480 e. The molecule has 1 aromatic carbocycles. The zero-order chi connectivity index (χ0) is 22.3.